The Morgan fingerprint density at radius 3 is 2.31 bits per heavy atom. The Balaban J connectivity index is 1.82. The van der Waals surface area contributed by atoms with Crippen LogP contribution >= 0.6 is 0 Å². The molecule has 0 amide bonds. The van der Waals surface area contributed by atoms with E-state index in [4.69, 9.17) is 24.6 Å². The van der Waals surface area contributed by atoms with Crippen molar-refractivity contribution in [2.75, 3.05) is 19.2 Å². The summed E-state index contributed by atoms with van der Waals surface area (Å²) in [6.07, 6.45) is 0.306. The first-order valence-corrected chi connectivity index (χ1v) is 10.5. The minimum Gasteiger partial charge on any atom is -0.611 e. The molecule has 0 aromatic heterocycles. The summed E-state index contributed by atoms with van der Waals surface area (Å²) in [6, 6.07) is 11.8. The lowest BCUT2D eigenvalue weighted by molar-refractivity contribution is -0.492. The highest BCUT2D eigenvalue weighted by Crippen LogP contribution is 2.19. The summed E-state index contributed by atoms with van der Waals surface area (Å²) in [5.41, 5.74) is 0.156. The highest BCUT2D eigenvalue weighted by molar-refractivity contribution is 7.91. The van der Waals surface area contributed by atoms with E-state index in [9.17, 15) is 18.9 Å². The molecule has 0 aliphatic carbocycles. The predicted molar refractivity (Wildman–Crippen MR) is 107 cm³/mol. The molecule has 0 bridgehead atoms. The Labute approximate surface area is 186 Å². The average molecular weight is 467 g/mol. The molecule has 0 fully saturated rings. The van der Waals surface area contributed by atoms with Gasteiger partial charge in [0, 0.05) is 13.3 Å². The average Bonchev–Trinajstić information content (AvgIpc) is 2.76. The van der Waals surface area contributed by atoms with Gasteiger partial charge < -0.3 is 18.8 Å². The predicted octanol–water partition coefficient (Wildman–Crippen LogP) is 2.09. The molecule has 0 aliphatic rings. The molecule has 0 spiro atoms. The van der Waals surface area contributed by atoms with E-state index in [1.807, 2.05) is 0 Å². The molecule has 172 valence electrons. The number of hydrogen-bond acceptors (Lipinski definition) is 11. The molecule has 12 heteroatoms. The van der Waals surface area contributed by atoms with Crippen LogP contribution in [0.4, 0.5) is 0 Å². The summed E-state index contributed by atoms with van der Waals surface area (Å²) < 4.78 is 26.9. The maximum absolute atomic E-state index is 12.2. The van der Waals surface area contributed by atoms with Crippen LogP contribution in [-0.2, 0) is 30.3 Å². The number of carbonyl (C=O) groups is 3. The molecule has 0 saturated heterocycles. The summed E-state index contributed by atoms with van der Waals surface area (Å²) in [7, 11) is 0. The summed E-state index contributed by atoms with van der Waals surface area (Å²) >= 11 is -1.38. The molecule has 0 saturated carbocycles. The third kappa shape index (κ3) is 8.26. The second-order valence-electron chi connectivity index (χ2n) is 6.08. The topological polar surface area (TPSA) is 155 Å². The second kappa shape index (κ2) is 12.8. The van der Waals surface area contributed by atoms with E-state index in [1.54, 1.807) is 12.1 Å². The van der Waals surface area contributed by atoms with E-state index in [0.29, 0.717) is 11.3 Å². The number of carbonyl (C=O) groups excluding carboxylic acids is 3. The van der Waals surface area contributed by atoms with E-state index in [1.165, 1.54) is 43.3 Å². The Morgan fingerprint density at radius 2 is 1.66 bits per heavy atom. The van der Waals surface area contributed by atoms with Gasteiger partial charge in [0.2, 0.25) is 6.79 Å². The minimum absolute atomic E-state index is 0.00154. The van der Waals surface area contributed by atoms with Gasteiger partial charge in [-0.15, -0.1) is 0 Å². The molecule has 1 atom stereocenters. The first-order chi connectivity index (χ1) is 15.3. The fraction of sp³-hybridized carbons (Fsp3) is 0.250. The zero-order valence-corrected chi connectivity index (χ0v) is 17.8. The first kappa shape index (κ1) is 25.3. The van der Waals surface area contributed by atoms with Crippen LogP contribution in [0, 0.1) is 0 Å². The van der Waals surface area contributed by atoms with E-state index in [0.717, 1.165) is 0 Å². The molecule has 1 unspecified atom stereocenters. The van der Waals surface area contributed by atoms with Crippen LogP contribution in [-0.4, -0.2) is 57.4 Å². The van der Waals surface area contributed by atoms with Crippen molar-refractivity contribution in [2.24, 2.45) is 0 Å². The van der Waals surface area contributed by atoms with Gasteiger partial charge in [0.05, 0.1) is 17.6 Å². The SMILES string of the molecule is CC(=O)Oc1ccccc1C(=O)OCOC(=O)c1ccc([S+]([O-])CCCON(O)O)cc1. The summed E-state index contributed by atoms with van der Waals surface area (Å²) in [5.74, 6) is -1.96. The van der Waals surface area contributed by atoms with Crippen molar-refractivity contribution in [1.82, 2.24) is 5.39 Å². The van der Waals surface area contributed by atoms with Crippen LogP contribution in [0.25, 0.3) is 0 Å². The molecular weight excluding hydrogens is 446 g/mol. The van der Waals surface area contributed by atoms with Gasteiger partial charge in [-0.05, 0) is 47.6 Å². The Hall–Kier alpha value is -3.00. The van der Waals surface area contributed by atoms with Crippen molar-refractivity contribution in [3.05, 3.63) is 59.7 Å². The molecule has 0 heterocycles. The Morgan fingerprint density at radius 1 is 1.00 bits per heavy atom. The minimum atomic E-state index is -1.38. The fourth-order valence-corrected chi connectivity index (χ4v) is 3.43. The monoisotopic (exact) mass is 467 g/mol. The zero-order chi connectivity index (χ0) is 23.5. The van der Waals surface area contributed by atoms with Gasteiger partial charge in [-0.2, -0.15) is 0 Å². The van der Waals surface area contributed by atoms with Gasteiger partial charge >= 0.3 is 17.9 Å². The van der Waals surface area contributed by atoms with Crippen molar-refractivity contribution in [3.8, 4) is 5.75 Å². The summed E-state index contributed by atoms with van der Waals surface area (Å²) in [5, 5.41) is 16.4. The summed E-state index contributed by atoms with van der Waals surface area (Å²) in [6.45, 7) is 0.500. The number of ether oxygens (including phenoxy) is 3. The highest BCUT2D eigenvalue weighted by Gasteiger charge is 2.17. The maximum Gasteiger partial charge on any atom is 0.344 e. The third-order valence-corrected chi connectivity index (χ3v) is 5.23. The number of benzene rings is 2. The maximum atomic E-state index is 12.2. The lowest BCUT2D eigenvalue weighted by atomic mass is 10.2. The normalized spacial score (nSPS) is 11.7. The van der Waals surface area contributed by atoms with Crippen LogP contribution in [0.15, 0.2) is 53.4 Å². The highest BCUT2D eigenvalue weighted by atomic mass is 32.2. The Bertz CT molecular complexity index is 919. The number of rotatable bonds is 11. The lowest BCUT2D eigenvalue weighted by Crippen LogP contribution is -2.17. The van der Waals surface area contributed by atoms with Crippen molar-refractivity contribution in [1.29, 1.82) is 0 Å². The summed E-state index contributed by atoms with van der Waals surface area (Å²) in [4.78, 5) is 40.2. The van der Waals surface area contributed by atoms with Crippen molar-refractivity contribution >= 4 is 29.1 Å². The van der Waals surface area contributed by atoms with E-state index in [-0.39, 0.29) is 29.2 Å². The molecule has 32 heavy (non-hydrogen) atoms. The molecule has 2 N–H and O–H groups in total. The van der Waals surface area contributed by atoms with Crippen LogP contribution in [0.5, 0.6) is 5.75 Å². The van der Waals surface area contributed by atoms with Crippen LogP contribution in [0.3, 0.4) is 0 Å². The van der Waals surface area contributed by atoms with Crippen LogP contribution < -0.4 is 4.74 Å². The van der Waals surface area contributed by atoms with Gasteiger partial charge in [-0.25, -0.2) is 9.59 Å². The largest absolute Gasteiger partial charge is 0.611 e. The van der Waals surface area contributed by atoms with Gasteiger partial charge in [-0.3, -0.25) is 20.0 Å². The van der Waals surface area contributed by atoms with Crippen molar-refractivity contribution in [3.63, 3.8) is 0 Å². The fourth-order valence-electron chi connectivity index (χ4n) is 2.37. The van der Waals surface area contributed by atoms with Gasteiger partial charge in [0.15, 0.2) is 4.90 Å². The number of hydrogen-bond donors (Lipinski definition) is 2. The quantitative estimate of drug-likeness (QED) is 0.125. The molecule has 11 nitrogen and oxygen atoms in total. The van der Waals surface area contributed by atoms with Crippen molar-refractivity contribution in [2.45, 2.75) is 18.2 Å². The molecule has 2 aromatic carbocycles. The van der Waals surface area contributed by atoms with Gasteiger partial charge in [0.25, 0.3) is 0 Å². The molecule has 0 aliphatic heterocycles. The van der Waals surface area contributed by atoms with E-state index in [2.05, 4.69) is 4.84 Å². The third-order valence-electron chi connectivity index (χ3n) is 3.77. The molecule has 2 rings (SSSR count). The first-order valence-electron chi connectivity index (χ1n) is 9.19. The zero-order valence-electron chi connectivity index (χ0n) is 17.0. The van der Waals surface area contributed by atoms with Gasteiger partial charge in [0.1, 0.15) is 17.1 Å². The van der Waals surface area contributed by atoms with E-state index < -0.39 is 41.3 Å². The lowest BCUT2D eigenvalue weighted by Gasteiger charge is -2.12. The Kier molecular flexibility index (Phi) is 10.1. The molecular formula is C20H21NO10S. The molecule has 2 aromatic rings. The number of para-hydroxylation sites is 1. The van der Waals surface area contributed by atoms with Crippen LogP contribution in [0.2, 0.25) is 0 Å². The number of esters is 3. The van der Waals surface area contributed by atoms with E-state index >= 15 is 0 Å². The molecule has 0 radical (unpaired) electrons. The van der Waals surface area contributed by atoms with Gasteiger partial charge in [-0.1, -0.05) is 12.1 Å². The standard InChI is InChI=1S/C20H21NO10S/c1-14(22)31-18-6-3-2-5-17(18)20(24)29-13-28-19(23)15-7-9-16(10-8-15)32(27)12-4-11-30-21(25)26/h2-3,5-10,25-26H,4,11-13H2,1H3. The van der Waals surface area contributed by atoms with Crippen LogP contribution in [0.1, 0.15) is 34.1 Å². The van der Waals surface area contributed by atoms with Crippen molar-refractivity contribution < 1.29 is 48.4 Å². The smallest absolute Gasteiger partial charge is 0.344 e. The number of nitrogens with zero attached hydrogens (tertiary/aromatic N) is 1. The second-order valence-corrected chi connectivity index (χ2v) is 7.66.